The van der Waals surface area contributed by atoms with Crippen LogP contribution >= 0.6 is 23.2 Å². The van der Waals surface area contributed by atoms with E-state index in [1.54, 1.807) is 6.20 Å². The van der Waals surface area contributed by atoms with Crippen LogP contribution in [0.5, 0.6) is 0 Å². The minimum absolute atomic E-state index is 0.341. The highest BCUT2D eigenvalue weighted by Crippen LogP contribution is 2.27. The summed E-state index contributed by atoms with van der Waals surface area (Å²) >= 11 is 12.5. The van der Waals surface area contributed by atoms with Crippen LogP contribution in [-0.2, 0) is 13.0 Å². The lowest BCUT2D eigenvalue weighted by atomic mass is 9.90. The minimum atomic E-state index is 0.341. The molecular weight excluding hydrogens is 417 g/mol. The summed E-state index contributed by atoms with van der Waals surface area (Å²) in [4.78, 5) is 9.05. The van der Waals surface area contributed by atoms with Gasteiger partial charge in [-0.15, -0.1) is 0 Å². The van der Waals surface area contributed by atoms with Gasteiger partial charge in [-0.1, -0.05) is 47.5 Å². The van der Waals surface area contributed by atoms with Gasteiger partial charge in [0.25, 0.3) is 0 Å². The zero-order chi connectivity index (χ0) is 20.9. The molecule has 5 nitrogen and oxygen atoms in total. The molecule has 7 heteroatoms. The van der Waals surface area contributed by atoms with Crippen LogP contribution in [0, 0.1) is 5.92 Å². The Morgan fingerprint density at radius 2 is 1.80 bits per heavy atom. The van der Waals surface area contributed by atoms with Crippen molar-refractivity contribution in [2.24, 2.45) is 5.92 Å². The van der Waals surface area contributed by atoms with Crippen molar-refractivity contribution in [3.05, 3.63) is 69.8 Å². The monoisotopic (exact) mass is 441 g/mol. The number of halogens is 2. The summed E-state index contributed by atoms with van der Waals surface area (Å²) in [5, 5.41) is 7.85. The van der Waals surface area contributed by atoms with Gasteiger partial charge < -0.3 is 16.4 Å². The van der Waals surface area contributed by atoms with Gasteiger partial charge in [0.2, 0.25) is 0 Å². The molecule has 0 spiro atoms. The predicted octanol–water partition coefficient (Wildman–Crippen LogP) is 5.19. The van der Waals surface area contributed by atoms with Crippen LogP contribution in [0.2, 0.25) is 10.0 Å². The lowest BCUT2D eigenvalue weighted by molar-refractivity contribution is 0.373. The van der Waals surface area contributed by atoms with E-state index in [0.29, 0.717) is 28.2 Å². The zero-order valence-corrected chi connectivity index (χ0v) is 18.2. The SMILES string of the molecule is Nc1ncc(-c2cccc(CC3CCNCC3)c2)nc1NCc1c(Cl)cccc1Cl. The number of piperidine rings is 1. The molecule has 30 heavy (non-hydrogen) atoms. The molecule has 156 valence electrons. The van der Waals surface area contributed by atoms with Crippen molar-refractivity contribution in [2.45, 2.75) is 25.8 Å². The maximum absolute atomic E-state index is 6.26. The molecule has 0 aliphatic carbocycles. The molecule has 0 unspecified atom stereocenters. The minimum Gasteiger partial charge on any atom is -0.381 e. The van der Waals surface area contributed by atoms with Crippen molar-refractivity contribution in [3.8, 4) is 11.3 Å². The average molecular weight is 442 g/mol. The van der Waals surface area contributed by atoms with Gasteiger partial charge in [0, 0.05) is 27.7 Å². The molecule has 3 aromatic rings. The van der Waals surface area contributed by atoms with Crippen LogP contribution in [0.1, 0.15) is 24.0 Å². The van der Waals surface area contributed by atoms with Crippen LogP contribution in [-0.4, -0.2) is 23.1 Å². The number of benzene rings is 2. The van der Waals surface area contributed by atoms with Crippen LogP contribution in [0.15, 0.2) is 48.7 Å². The Balaban J connectivity index is 1.52. The van der Waals surface area contributed by atoms with E-state index in [-0.39, 0.29) is 0 Å². The summed E-state index contributed by atoms with van der Waals surface area (Å²) in [6.45, 7) is 2.63. The molecule has 0 radical (unpaired) electrons. The number of hydrogen-bond acceptors (Lipinski definition) is 5. The van der Waals surface area contributed by atoms with Crippen molar-refractivity contribution in [1.82, 2.24) is 15.3 Å². The molecule has 1 saturated heterocycles. The zero-order valence-electron chi connectivity index (χ0n) is 16.7. The standard InChI is InChI=1S/C23H25Cl2N5/c24-19-5-2-6-20(25)18(19)13-29-23-22(26)28-14-21(30-23)17-4-1-3-16(12-17)11-15-7-9-27-10-8-15/h1-6,12,14-15,27H,7-11,13H2,(H2,26,28)(H,29,30). The van der Waals surface area contributed by atoms with E-state index < -0.39 is 0 Å². The number of nitrogens with one attached hydrogen (secondary N) is 2. The first-order valence-corrected chi connectivity index (χ1v) is 10.9. The third-order valence-electron chi connectivity index (χ3n) is 5.50. The summed E-state index contributed by atoms with van der Waals surface area (Å²) in [6.07, 6.45) is 5.26. The molecule has 1 aromatic heterocycles. The summed E-state index contributed by atoms with van der Waals surface area (Å²) in [6, 6.07) is 14.0. The Hall–Kier alpha value is -2.34. The molecule has 1 fully saturated rings. The van der Waals surface area contributed by atoms with Gasteiger partial charge in [0.05, 0.1) is 11.9 Å². The Labute approximate surface area is 187 Å². The van der Waals surface area contributed by atoms with Gasteiger partial charge in [0.1, 0.15) is 0 Å². The van der Waals surface area contributed by atoms with Crippen molar-refractivity contribution in [1.29, 1.82) is 0 Å². The number of hydrogen-bond donors (Lipinski definition) is 3. The van der Waals surface area contributed by atoms with E-state index in [4.69, 9.17) is 33.9 Å². The number of nitrogens with two attached hydrogens (primary N) is 1. The van der Waals surface area contributed by atoms with Gasteiger partial charge in [-0.05, 0) is 62.0 Å². The van der Waals surface area contributed by atoms with Gasteiger partial charge in [0.15, 0.2) is 11.6 Å². The van der Waals surface area contributed by atoms with Crippen molar-refractivity contribution >= 4 is 34.8 Å². The van der Waals surface area contributed by atoms with Crippen molar-refractivity contribution in [2.75, 3.05) is 24.1 Å². The summed E-state index contributed by atoms with van der Waals surface area (Å²) in [7, 11) is 0. The quantitative estimate of drug-likeness (QED) is 0.490. The molecule has 4 N–H and O–H groups in total. The Morgan fingerprint density at radius 3 is 2.57 bits per heavy atom. The van der Waals surface area contributed by atoms with Crippen molar-refractivity contribution < 1.29 is 0 Å². The van der Waals surface area contributed by atoms with E-state index in [0.717, 1.165) is 42.2 Å². The maximum atomic E-state index is 6.26. The highest BCUT2D eigenvalue weighted by atomic mass is 35.5. The molecule has 0 atom stereocenters. The van der Waals surface area contributed by atoms with Crippen LogP contribution in [0.4, 0.5) is 11.6 Å². The molecule has 1 aliphatic rings. The Morgan fingerprint density at radius 1 is 1.07 bits per heavy atom. The number of nitrogens with zero attached hydrogens (tertiary/aromatic N) is 2. The van der Waals surface area contributed by atoms with E-state index in [1.165, 1.54) is 18.4 Å². The van der Waals surface area contributed by atoms with Crippen LogP contribution < -0.4 is 16.4 Å². The van der Waals surface area contributed by atoms with Crippen LogP contribution in [0.3, 0.4) is 0 Å². The first-order valence-electron chi connectivity index (χ1n) is 10.2. The van der Waals surface area contributed by atoms with Gasteiger partial charge >= 0.3 is 0 Å². The molecule has 0 bridgehead atoms. The normalized spacial score (nSPS) is 14.6. The molecule has 0 saturated carbocycles. The molecule has 1 aliphatic heterocycles. The molecule has 0 amide bonds. The van der Waals surface area contributed by atoms with Gasteiger partial charge in [-0.2, -0.15) is 0 Å². The lowest BCUT2D eigenvalue weighted by Crippen LogP contribution is -2.28. The predicted molar refractivity (Wildman–Crippen MR) is 125 cm³/mol. The number of rotatable bonds is 6. The van der Waals surface area contributed by atoms with Crippen LogP contribution in [0.25, 0.3) is 11.3 Å². The summed E-state index contributed by atoms with van der Waals surface area (Å²) < 4.78 is 0. The number of nitrogen functional groups attached to an aromatic ring is 1. The maximum Gasteiger partial charge on any atom is 0.169 e. The summed E-state index contributed by atoms with van der Waals surface area (Å²) in [5.74, 6) is 1.59. The Kier molecular flexibility index (Phi) is 6.72. The van der Waals surface area contributed by atoms with E-state index in [9.17, 15) is 0 Å². The molecular formula is C23H25Cl2N5. The first-order chi connectivity index (χ1) is 14.6. The fraction of sp³-hybridized carbons (Fsp3) is 0.304. The van der Waals surface area contributed by atoms with Gasteiger partial charge in [-0.25, -0.2) is 9.97 Å². The fourth-order valence-electron chi connectivity index (χ4n) is 3.82. The van der Waals surface area contributed by atoms with Gasteiger partial charge in [-0.3, -0.25) is 0 Å². The third kappa shape index (κ3) is 5.04. The number of aromatic nitrogens is 2. The largest absolute Gasteiger partial charge is 0.381 e. The van der Waals surface area contributed by atoms with Crippen molar-refractivity contribution in [3.63, 3.8) is 0 Å². The average Bonchev–Trinajstić information content (AvgIpc) is 2.75. The molecule has 2 aromatic carbocycles. The Bertz CT molecular complexity index is 998. The molecule has 4 rings (SSSR count). The van der Waals surface area contributed by atoms with E-state index in [1.807, 2.05) is 18.2 Å². The second kappa shape index (κ2) is 9.65. The highest BCUT2D eigenvalue weighted by molar-refractivity contribution is 6.36. The topological polar surface area (TPSA) is 75.9 Å². The fourth-order valence-corrected chi connectivity index (χ4v) is 4.35. The molecule has 2 heterocycles. The second-order valence-corrected chi connectivity index (χ2v) is 8.46. The smallest absolute Gasteiger partial charge is 0.169 e. The summed E-state index contributed by atoms with van der Waals surface area (Å²) in [5.41, 5.74) is 10.0. The highest BCUT2D eigenvalue weighted by Gasteiger charge is 2.14. The van der Waals surface area contributed by atoms with E-state index >= 15 is 0 Å². The number of anilines is 2. The second-order valence-electron chi connectivity index (χ2n) is 7.64. The van der Waals surface area contributed by atoms with E-state index in [2.05, 4.69) is 39.9 Å². The first kappa shape index (κ1) is 20.9. The third-order valence-corrected chi connectivity index (χ3v) is 6.21. The lowest BCUT2D eigenvalue weighted by Gasteiger charge is -2.22.